The maximum Gasteiger partial charge on any atom is 0.356 e. The van der Waals surface area contributed by atoms with E-state index in [9.17, 15) is 9.59 Å². The molecule has 19 heavy (non-hydrogen) atoms. The van der Waals surface area contributed by atoms with Gasteiger partial charge in [-0.1, -0.05) is 12.1 Å². The van der Waals surface area contributed by atoms with Crippen molar-refractivity contribution < 1.29 is 23.8 Å². The van der Waals surface area contributed by atoms with Crippen molar-refractivity contribution >= 4 is 23.5 Å². The molecule has 0 aliphatic rings. The number of methoxy groups -OCH3 is 2. The van der Waals surface area contributed by atoms with Gasteiger partial charge in [0.2, 0.25) is 5.60 Å². The zero-order chi connectivity index (χ0) is 14.5. The highest BCUT2D eigenvalue weighted by molar-refractivity contribution is 6.20. The molecule has 0 radical (unpaired) electrons. The molecule has 0 aromatic heterocycles. The Labute approximate surface area is 116 Å². The van der Waals surface area contributed by atoms with Gasteiger partial charge in [0, 0.05) is 12.5 Å². The fraction of sp³-hybridized carbons (Fsp3) is 0.385. The first-order valence-corrected chi connectivity index (χ1v) is 6.02. The lowest BCUT2D eigenvalue weighted by Crippen LogP contribution is -2.43. The zero-order valence-electron chi connectivity index (χ0n) is 10.9. The standard InChI is InChI=1S/C13H15ClO5/c1-9(15)19-13(8-14,12(16)18-3)10-4-6-11(17-2)7-5-10/h4-7H,8H2,1-3H3. The van der Waals surface area contributed by atoms with Gasteiger partial charge in [-0.2, -0.15) is 0 Å². The molecule has 1 atom stereocenters. The molecule has 0 N–H and O–H groups in total. The minimum Gasteiger partial charge on any atom is -0.497 e. The summed E-state index contributed by atoms with van der Waals surface area (Å²) in [5.41, 5.74) is -1.22. The molecule has 0 heterocycles. The molecule has 1 unspecified atom stereocenters. The summed E-state index contributed by atoms with van der Waals surface area (Å²) in [5.74, 6) is -0.990. The summed E-state index contributed by atoms with van der Waals surface area (Å²) in [5, 5.41) is 0. The SMILES string of the molecule is COC(=O)C(CCl)(OC(C)=O)c1ccc(OC)cc1. The average molecular weight is 287 g/mol. The Bertz CT molecular complexity index is 457. The van der Waals surface area contributed by atoms with E-state index in [4.69, 9.17) is 21.1 Å². The first kappa shape index (κ1) is 15.3. The van der Waals surface area contributed by atoms with Crippen LogP contribution in [0.15, 0.2) is 24.3 Å². The van der Waals surface area contributed by atoms with Crippen LogP contribution in [0.25, 0.3) is 0 Å². The Morgan fingerprint density at radius 1 is 1.21 bits per heavy atom. The van der Waals surface area contributed by atoms with E-state index in [-0.39, 0.29) is 5.88 Å². The first-order valence-electron chi connectivity index (χ1n) is 5.48. The van der Waals surface area contributed by atoms with Crippen molar-refractivity contribution in [1.29, 1.82) is 0 Å². The molecule has 1 rings (SSSR count). The van der Waals surface area contributed by atoms with E-state index in [1.54, 1.807) is 24.3 Å². The summed E-state index contributed by atoms with van der Waals surface area (Å²) in [4.78, 5) is 23.2. The second kappa shape index (κ2) is 6.43. The van der Waals surface area contributed by atoms with Crippen LogP contribution in [0.3, 0.4) is 0 Å². The number of rotatable bonds is 5. The van der Waals surface area contributed by atoms with E-state index in [1.165, 1.54) is 21.1 Å². The third kappa shape index (κ3) is 3.17. The van der Waals surface area contributed by atoms with Crippen LogP contribution in [0, 0.1) is 0 Å². The van der Waals surface area contributed by atoms with Gasteiger partial charge in [0.15, 0.2) is 0 Å². The fourth-order valence-electron chi connectivity index (χ4n) is 1.65. The van der Waals surface area contributed by atoms with E-state index >= 15 is 0 Å². The number of halogens is 1. The van der Waals surface area contributed by atoms with Gasteiger partial charge in [-0.05, 0) is 12.1 Å². The normalized spacial score (nSPS) is 13.3. The maximum atomic E-state index is 11.9. The van der Waals surface area contributed by atoms with Gasteiger partial charge in [-0.15, -0.1) is 11.6 Å². The summed E-state index contributed by atoms with van der Waals surface area (Å²) in [6.07, 6.45) is 0. The first-order chi connectivity index (χ1) is 9.00. The lowest BCUT2D eigenvalue weighted by Gasteiger charge is -2.28. The lowest BCUT2D eigenvalue weighted by molar-refractivity contribution is -0.178. The van der Waals surface area contributed by atoms with Crippen LogP contribution in [0.2, 0.25) is 0 Å². The molecule has 0 saturated heterocycles. The molecule has 0 saturated carbocycles. The Balaban J connectivity index is 3.27. The summed E-state index contributed by atoms with van der Waals surface area (Å²) < 4.78 is 14.8. The van der Waals surface area contributed by atoms with Crippen LogP contribution < -0.4 is 4.74 Å². The largest absolute Gasteiger partial charge is 0.497 e. The summed E-state index contributed by atoms with van der Waals surface area (Å²) in [6.45, 7) is 1.20. The molecule has 1 aromatic carbocycles. The fourth-order valence-corrected chi connectivity index (χ4v) is 1.97. The number of ether oxygens (including phenoxy) is 3. The number of hydrogen-bond acceptors (Lipinski definition) is 5. The van der Waals surface area contributed by atoms with Crippen molar-refractivity contribution in [1.82, 2.24) is 0 Å². The molecular weight excluding hydrogens is 272 g/mol. The van der Waals surface area contributed by atoms with Gasteiger partial charge in [0.25, 0.3) is 0 Å². The minimum atomic E-state index is -1.64. The molecule has 5 nitrogen and oxygen atoms in total. The second-order valence-corrected chi connectivity index (χ2v) is 4.04. The topological polar surface area (TPSA) is 61.8 Å². The zero-order valence-corrected chi connectivity index (χ0v) is 11.7. The molecule has 6 heteroatoms. The maximum absolute atomic E-state index is 11.9. The molecule has 0 bridgehead atoms. The van der Waals surface area contributed by atoms with Crippen molar-refractivity contribution in [3.8, 4) is 5.75 Å². The van der Waals surface area contributed by atoms with Gasteiger partial charge >= 0.3 is 11.9 Å². The van der Waals surface area contributed by atoms with Gasteiger partial charge in [-0.25, -0.2) is 4.79 Å². The third-order valence-corrected chi connectivity index (χ3v) is 2.95. The quantitative estimate of drug-likeness (QED) is 0.611. The van der Waals surface area contributed by atoms with E-state index < -0.39 is 17.5 Å². The third-order valence-electron chi connectivity index (χ3n) is 2.58. The van der Waals surface area contributed by atoms with Crippen molar-refractivity contribution in [3.63, 3.8) is 0 Å². The molecular formula is C13H15ClO5. The Hall–Kier alpha value is -1.75. The van der Waals surface area contributed by atoms with E-state index in [2.05, 4.69) is 4.74 Å². The lowest BCUT2D eigenvalue weighted by atomic mass is 9.95. The second-order valence-electron chi connectivity index (χ2n) is 3.77. The van der Waals surface area contributed by atoms with E-state index in [0.29, 0.717) is 11.3 Å². The highest BCUT2D eigenvalue weighted by Gasteiger charge is 2.44. The molecule has 0 aliphatic heterocycles. The van der Waals surface area contributed by atoms with Crippen LogP contribution in [0.5, 0.6) is 5.75 Å². The number of alkyl halides is 1. The molecule has 104 valence electrons. The number of carbonyl (C=O) groups excluding carboxylic acids is 2. The van der Waals surface area contributed by atoms with E-state index in [0.717, 1.165) is 0 Å². The van der Waals surface area contributed by atoms with E-state index in [1.807, 2.05) is 0 Å². The van der Waals surface area contributed by atoms with Gasteiger partial charge in [-0.3, -0.25) is 4.79 Å². The number of hydrogen-bond donors (Lipinski definition) is 0. The van der Waals surface area contributed by atoms with Crippen molar-refractivity contribution in [2.45, 2.75) is 12.5 Å². The van der Waals surface area contributed by atoms with Gasteiger partial charge in [0.05, 0.1) is 20.1 Å². The van der Waals surface area contributed by atoms with Crippen LogP contribution in [0.1, 0.15) is 12.5 Å². The average Bonchev–Trinajstić information content (AvgIpc) is 2.43. The molecule has 0 aliphatic carbocycles. The smallest absolute Gasteiger partial charge is 0.356 e. The van der Waals surface area contributed by atoms with Crippen LogP contribution in [-0.2, 0) is 24.7 Å². The Morgan fingerprint density at radius 2 is 1.79 bits per heavy atom. The van der Waals surface area contributed by atoms with Crippen LogP contribution in [-0.4, -0.2) is 32.0 Å². The number of esters is 2. The van der Waals surface area contributed by atoms with Crippen LogP contribution in [0.4, 0.5) is 0 Å². The van der Waals surface area contributed by atoms with Crippen LogP contribution >= 0.6 is 11.6 Å². The summed E-state index contributed by atoms with van der Waals surface area (Å²) in [7, 11) is 2.73. The highest BCUT2D eigenvalue weighted by Crippen LogP contribution is 2.30. The van der Waals surface area contributed by atoms with Gasteiger partial charge < -0.3 is 14.2 Å². The highest BCUT2D eigenvalue weighted by atomic mass is 35.5. The monoisotopic (exact) mass is 286 g/mol. The predicted octanol–water partition coefficient (Wildman–Crippen LogP) is 1.87. The Morgan fingerprint density at radius 3 is 2.16 bits per heavy atom. The minimum absolute atomic E-state index is 0.244. The van der Waals surface area contributed by atoms with Gasteiger partial charge in [0.1, 0.15) is 5.75 Å². The molecule has 1 aromatic rings. The summed E-state index contributed by atoms with van der Waals surface area (Å²) >= 11 is 5.84. The van der Waals surface area contributed by atoms with Crippen molar-refractivity contribution in [3.05, 3.63) is 29.8 Å². The molecule has 0 fully saturated rings. The summed E-state index contributed by atoms with van der Waals surface area (Å²) in [6, 6.07) is 6.48. The molecule has 0 amide bonds. The number of benzene rings is 1. The predicted molar refractivity (Wildman–Crippen MR) is 69.2 cm³/mol. The van der Waals surface area contributed by atoms with Crippen molar-refractivity contribution in [2.75, 3.05) is 20.1 Å². The molecule has 0 spiro atoms. The Kier molecular flexibility index (Phi) is 5.18. The number of carbonyl (C=O) groups is 2. The van der Waals surface area contributed by atoms with Crippen molar-refractivity contribution in [2.24, 2.45) is 0 Å².